The van der Waals surface area contributed by atoms with E-state index in [-0.39, 0.29) is 15.9 Å². The van der Waals surface area contributed by atoms with Crippen molar-refractivity contribution in [3.8, 4) is 0 Å². The molecule has 23 heavy (non-hydrogen) atoms. The molecule has 9 heteroatoms. The van der Waals surface area contributed by atoms with Gasteiger partial charge in [-0.3, -0.25) is 9.52 Å². The largest absolute Gasteiger partial charge is 0.326 e. The molecule has 0 aliphatic heterocycles. The van der Waals surface area contributed by atoms with Crippen molar-refractivity contribution in [1.29, 1.82) is 0 Å². The number of hydrogen-bond donors (Lipinski definition) is 2. The molecular formula is C14H18N4O3S2. The Kier molecular flexibility index (Phi) is 5.67. The van der Waals surface area contributed by atoms with Crippen molar-refractivity contribution >= 4 is 38.1 Å². The Morgan fingerprint density at radius 3 is 2.43 bits per heavy atom. The van der Waals surface area contributed by atoms with Crippen LogP contribution in [0.4, 0.5) is 10.8 Å². The van der Waals surface area contributed by atoms with E-state index >= 15 is 0 Å². The normalized spacial score (nSPS) is 11.2. The maximum Gasteiger partial charge on any atom is 0.263 e. The SMILES string of the molecule is CCCC(=O)Nc1ccc(S(=O)(=O)Nc2nnc(CC)s2)cc1. The van der Waals surface area contributed by atoms with E-state index in [0.29, 0.717) is 18.5 Å². The third kappa shape index (κ3) is 4.73. The third-order valence-corrected chi connectivity index (χ3v) is 5.38. The predicted molar refractivity (Wildman–Crippen MR) is 90.1 cm³/mol. The Bertz CT molecular complexity index is 770. The Labute approximate surface area is 139 Å². The average molecular weight is 354 g/mol. The van der Waals surface area contributed by atoms with Gasteiger partial charge in [-0.05, 0) is 37.1 Å². The van der Waals surface area contributed by atoms with Gasteiger partial charge in [-0.1, -0.05) is 25.2 Å². The highest BCUT2D eigenvalue weighted by Gasteiger charge is 2.16. The lowest BCUT2D eigenvalue weighted by Gasteiger charge is -2.07. The molecule has 0 fully saturated rings. The van der Waals surface area contributed by atoms with Gasteiger partial charge in [0.25, 0.3) is 10.0 Å². The molecule has 2 aromatic rings. The van der Waals surface area contributed by atoms with Crippen molar-refractivity contribution in [3.05, 3.63) is 29.3 Å². The van der Waals surface area contributed by atoms with Crippen LogP contribution < -0.4 is 10.0 Å². The Balaban J connectivity index is 2.09. The Morgan fingerprint density at radius 2 is 1.87 bits per heavy atom. The minimum Gasteiger partial charge on any atom is -0.326 e. The van der Waals surface area contributed by atoms with Gasteiger partial charge in [-0.25, -0.2) is 8.42 Å². The lowest BCUT2D eigenvalue weighted by molar-refractivity contribution is -0.116. The van der Waals surface area contributed by atoms with Crippen molar-refractivity contribution in [2.45, 2.75) is 38.0 Å². The second-order valence-corrected chi connectivity index (χ2v) is 7.53. The summed E-state index contributed by atoms with van der Waals surface area (Å²) < 4.78 is 27.0. The van der Waals surface area contributed by atoms with Gasteiger partial charge in [0.15, 0.2) is 0 Å². The van der Waals surface area contributed by atoms with Crippen LogP contribution in [0.1, 0.15) is 31.7 Å². The number of nitrogens with one attached hydrogen (secondary N) is 2. The highest BCUT2D eigenvalue weighted by atomic mass is 32.2. The first-order chi connectivity index (χ1) is 10.9. The lowest BCUT2D eigenvalue weighted by atomic mass is 10.3. The number of benzene rings is 1. The van der Waals surface area contributed by atoms with Gasteiger partial charge >= 0.3 is 0 Å². The molecule has 0 aliphatic rings. The Morgan fingerprint density at radius 1 is 1.17 bits per heavy atom. The number of carbonyl (C=O) groups is 1. The van der Waals surface area contributed by atoms with Crippen LogP contribution in [0, 0.1) is 0 Å². The second kappa shape index (κ2) is 7.51. The molecular weight excluding hydrogens is 336 g/mol. The van der Waals surface area contributed by atoms with E-state index in [0.717, 1.165) is 11.4 Å². The quantitative estimate of drug-likeness (QED) is 0.796. The number of aromatic nitrogens is 2. The van der Waals surface area contributed by atoms with E-state index in [9.17, 15) is 13.2 Å². The van der Waals surface area contributed by atoms with Crippen molar-refractivity contribution in [3.63, 3.8) is 0 Å². The van der Waals surface area contributed by atoms with Gasteiger partial charge in [0.1, 0.15) is 5.01 Å². The van der Waals surface area contributed by atoms with Crippen molar-refractivity contribution in [2.24, 2.45) is 0 Å². The van der Waals surface area contributed by atoms with Crippen molar-refractivity contribution < 1.29 is 13.2 Å². The fourth-order valence-corrected chi connectivity index (χ4v) is 3.69. The number of nitrogens with zero attached hydrogens (tertiary/aromatic N) is 2. The van der Waals surface area contributed by atoms with E-state index < -0.39 is 10.0 Å². The topological polar surface area (TPSA) is 101 Å². The first-order valence-corrected chi connectivity index (χ1v) is 9.49. The molecule has 1 aromatic carbocycles. The van der Waals surface area contributed by atoms with Crippen LogP contribution in [0.3, 0.4) is 0 Å². The van der Waals surface area contributed by atoms with Gasteiger partial charge in [-0.15, -0.1) is 10.2 Å². The van der Waals surface area contributed by atoms with E-state index in [1.807, 2.05) is 13.8 Å². The summed E-state index contributed by atoms with van der Waals surface area (Å²) in [6.07, 6.45) is 1.88. The summed E-state index contributed by atoms with van der Waals surface area (Å²) in [6, 6.07) is 5.98. The summed E-state index contributed by atoms with van der Waals surface area (Å²) in [4.78, 5) is 11.6. The summed E-state index contributed by atoms with van der Waals surface area (Å²) >= 11 is 1.20. The van der Waals surface area contributed by atoms with Gasteiger partial charge in [0.2, 0.25) is 11.0 Å². The zero-order valence-electron chi connectivity index (χ0n) is 12.9. The van der Waals surface area contributed by atoms with Gasteiger partial charge < -0.3 is 5.32 Å². The minimum atomic E-state index is -3.72. The van der Waals surface area contributed by atoms with Crippen molar-refractivity contribution in [1.82, 2.24) is 10.2 Å². The maximum atomic E-state index is 12.3. The summed E-state index contributed by atoms with van der Waals surface area (Å²) in [5, 5.41) is 11.4. The average Bonchev–Trinajstić information content (AvgIpc) is 2.95. The second-order valence-electron chi connectivity index (χ2n) is 4.78. The smallest absolute Gasteiger partial charge is 0.263 e. The molecule has 0 unspecified atom stereocenters. The molecule has 7 nitrogen and oxygen atoms in total. The fourth-order valence-electron chi connectivity index (χ4n) is 1.78. The fraction of sp³-hybridized carbons (Fsp3) is 0.357. The first kappa shape index (κ1) is 17.4. The van der Waals surface area contributed by atoms with Crippen molar-refractivity contribution in [2.75, 3.05) is 10.0 Å². The monoisotopic (exact) mass is 354 g/mol. The van der Waals surface area contributed by atoms with E-state index in [2.05, 4.69) is 20.2 Å². The number of hydrogen-bond acceptors (Lipinski definition) is 6. The highest BCUT2D eigenvalue weighted by Crippen LogP contribution is 2.21. The van der Waals surface area contributed by atoms with Crippen LogP contribution in [0.2, 0.25) is 0 Å². The minimum absolute atomic E-state index is 0.0952. The standard InChI is InChI=1S/C14H18N4O3S2/c1-3-5-12(19)15-10-6-8-11(9-7-10)23(20,21)18-14-17-16-13(4-2)22-14/h6-9H,3-5H2,1-2H3,(H,15,19)(H,17,18). The van der Waals surface area contributed by atoms with E-state index in [1.165, 1.54) is 23.5 Å². The third-order valence-electron chi connectivity index (χ3n) is 2.92. The zero-order valence-corrected chi connectivity index (χ0v) is 14.5. The number of sulfonamides is 1. The summed E-state index contributed by atoms with van der Waals surface area (Å²) in [6.45, 7) is 3.84. The Hall–Kier alpha value is -2.00. The highest BCUT2D eigenvalue weighted by molar-refractivity contribution is 7.93. The van der Waals surface area contributed by atoms with Crippen LogP contribution in [0.5, 0.6) is 0 Å². The molecule has 0 saturated heterocycles. The van der Waals surface area contributed by atoms with E-state index in [1.54, 1.807) is 12.1 Å². The molecule has 0 spiro atoms. The molecule has 124 valence electrons. The molecule has 2 N–H and O–H groups in total. The van der Waals surface area contributed by atoms with Crippen LogP contribution in [0.15, 0.2) is 29.2 Å². The number of rotatable bonds is 7. The molecule has 0 saturated carbocycles. The van der Waals surface area contributed by atoms with Gasteiger partial charge in [0.05, 0.1) is 4.90 Å². The zero-order chi connectivity index (χ0) is 16.9. The molecule has 1 amide bonds. The predicted octanol–water partition coefficient (Wildman–Crippen LogP) is 2.64. The van der Waals surface area contributed by atoms with Crippen LogP contribution in [-0.2, 0) is 21.2 Å². The maximum absolute atomic E-state index is 12.3. The molecule has 0 atom stereocenters. The molecule has 1 aromatic heterocycles. The van der Waals surface area contributed by atoms with Gasteiger partial charge in [0, 0.05) is 12.1 Å². The number of aryl methyl sites for hydroxylation is 1. The van der Waals surface area contributed by atoms with Crippen LogP contribution in [0.25, 0.3) is 0 Å². The van der Waals surface area contributed by atoms with Crippen LogP contribution in [-0.4, -0.2) is 24.5 Å². The molecule has 0 aliphatic carbocycles. The lowest BCUT2D eigenvalue weighted by Crippen LogP contribution is -2.13. The molecule has 0 radical (unpaired) electrons. The summed E-state index contributed by atoms with van der Waals surface area (Å²) in [5.74, 6) is -0.0952. The molecule has 0 bridgehead atoms. The summed E-state index contributed by atoms with van der Waals surface area (Å²) in [5.41, 5.74) is 0.562. The first-order valence-electron chi connectivity index (χ1n) is 7.19. The molecule has 1 heterocycles. The van der Waals surface area contributed by atoms with Gasteiger partial charge in [-0.2, -0.15) is 0 Å². The summed E-state index contributed by atoms with van der Waals surface area (Å²) in [7, 11) is -3.72. The number of anilines is 2. The molecule has 2 rings (SSSR count). The number of amides is 1. The number of carbonyl (C=O) groups excluding carboxylic acids is 1. The van der Waals surface area contributed by atoms with Crippen LogP contribution >= 0.6 is 11.3 Å². The van der Waals surface area contributed by atoms with E-state index in [4.69, 9.17) is 0 Å².